The summed E-state index contributed by atoms with van der Waals surface area (Å²) in [5.41, 5.74) is 5.48. The Balaban J connectivity index is 0. The molecule has 0 aliphatic heterocycles. The molecule has 0 heterocycles. The summed E-state index contributed by atoms with van der Waals surface area (Å²) in [7, 11) is 1.31. The Kier molecular flexibility index (Phi) is 28.1. The molecule has 0 aliphatic rings. The van der Waals surface area contributed by atoms with Crippen molar-refractivity contribution in [3.8, 4) is 0 Å². The van der Waals surface area contributed by atoms with Crippen LogP contribution in [-0.2, 0) is 0 Å². The van der Waals surface area contributed by atoms with Gasteiger partial charge in [-0.25, -0.2) is 0 Å². The lowest BCUT2D eigenvalue weighted by atomic mass is 10.0. The molecule has 0 spiro atoms. The SMILES string of the molecule is CCCCCCCCCCCCCCCCCCN.C[SiH3]. The van der Waals surface area contributed by atoms with Crippen molar-refractivity contribution in [1.82, 2.24) is 0 Å². The van der Waals surface area contributed by atoms with Crippen molar-refractivity contribution in [2.24, 2.45) is 5.73 Å². The summed E-state index contributed by atoms with van der Waals surface area (Å²) >= 11 is 0. The lowest BCUT2D eigenvalue weighted by Gasteiger charge is -2.03. The zero-order valence-corrected chi connectivity index (χ0v) is 17.6. The first kappa shape index (κ1) is 23.4. The van der Waals surface area contributed by atoms with E-state index in [1.807, 2.05) is 0 Å². The van der Waals surface area contributed by atoms with E-state index >= 15 is 0 Å². The average molecular weight is 316 g/mol. The van der Waals surface area contributed by atoms with Crippen LogP contribution in [0.2, 0.25) is 6.55 Å². The smallest absolute Gasteiger partial charge is 0.000585 e. The third-order valence-electron chi connectivity index (χ3n) is 4.06. The van der Waals surface area contributed by atoms with Crippen molar-refractivity contribution in [2.45, 2.75) is 116 Å². The van der Waals surface area contributed by atoms with Gasteiger partial charge in [0.2, 0.25) is 0 Å². The second-order valence-corrected chi connectivity index (χ2v) is 6.09. The van der Waals surface area contributed by atoms with Crippen molar-refractivity contribution >= 4 is 10.2 Å². The third kappa shape index (κ3) is 25.5. The van der Waals surface area contributed by atoms with Crippen LogP contribution in [0.25, 0.3) is 0 Å². The highest BCUT2D eigenvalue weighted by Crippen LogP contribution is 2.13. The van der Waals surface area contributed by atoms with Crippen molar-refractivity contribution in [3.63, 3.8) is 0 Å². The van der Waals surface area contributed by atoms with Crippen LogP contribution in [0.4, 0.5) is 0 Å². The summed E-state index contributed by atoms with van der Waals surface area (Å²) in [6.45, 7) is 5.30. The molecule has 21 heavy (non-hydrogen) atoms. The van der Waals surface area contributed by atoms with E-state index in [1.165, 1.54) is 113 Å². The van der Waals surface area contributed by atoms with E-state index in [9.17, 15) is 0 Å². The second-order valence-electron chi connectivity index (χ2n) is 6.09. The molecule has 0 rings (SSSR count). The molecule has 2 N–H and O–H groups in total. The maximum Gasteiger partial charge on any atom is -0.000585 e. The summed E-state index contributed by atoms with van der Waals surface area (Å²) in [4.78, 5) is 0. The third-order valence-corrected chi connectivity index (χ3v) is 4.06. The van der Waals surface area contributed by atoms with Crippen molar-refractivity contribution in [2.75, 3.05) is 6.54 Å². The zero-order valence-electron chi connectivity index (χ0n) is 15.6. The molecule has 0 saturated heterocycles. The molecule has 0 aromatic rings. The van der Waals surface area contributed by atoms with Gasteiger partial charge in [0.15, 0.2) is 0 Å². The van der Waals surface area contributed by atoms with E-state index in [4.69, 9.17) is 5.73 Å². The highest BCUT2D eigenvalue weighted by atomic mass is 28.1. The van der Waals surface area contributed by atoms with Gasteiger partial charge in [0.25, 0.3) is 0 Å². The van der Waals surface area contributed by atoms with Crippen LogP contribution in [-0.4, -0.2) is 16.8 Å². The van der Waals surface area contributed by atoms with Crippen LogP contribution in [0.1, 0.15) is 110 Å². The number of hydrogen-bond donors (Lipinski definition) is 1. The van der Waals surface area contributed by atoms with Crippen LogP contribution in [0.3, 0.4) is 0 Å². The normalized spacial score (nSPS) is 10.4. The van der Waals surface area contributed by atoms with Crippen molar-refractivity contribution < 1.29 is 0 Å². The lowest BCUT2D eigenvalue weighted by Crippen LogP contribution is -1.97. The fraction of sp³-hybridized carbons (Fsp3) is 1.00. The Bertz CT molecular complexity index is 135. The molecule has 0 fully saturated rings. The largest absolute Gasteiger partial charge is 0.330 e. The molecular formula is C19H45NSi. The molecule has 2 heteroatoms. The Morgan fingerprint density at radius 3 is 0.952 bits per heavy atom. The fourth-order valence-electron chi connectivity index (χ4n) is 2.69. The van der Waals surface area contributed by atoms with Gasteiger partial charge in [-0.15, -0.1) is 0 Å². The highest BCUT2D eigenvalue weighted by molar-refractivity contribution is 6.05. The van der Waals surface area contributed by atoms with Crippen molar-refractivity contribution in [3.05, 3.63) is 0 Å². The molecule has 130 valence electrons. The minimum absolute atomic E-state index is 0.873. The molecule has 0 atom stereocenters. The number of unbranched alkanes of at least 4 members (excludes halogenated alkanes) is 15. The maximum atomic E-state index is 5.48. The average Bonchev–Trinajstić information content (AvgIpc) is 2.53. The fourth-order valence-corrected chi connectivity index (χ4v) is 2.69. The molecule has 0 bridgehead atoms. The molecule has 0 aliphatic carbocycles. The van der Waals surface area contributed by atoms with Crippen LogP contribution >= 0.6 is 0 Å². The molecule has 0 saturated carbocycles. The molecule has 0 amide bonds. The van der Waals surface area contributed by atoms with Crippen LogP contribution in [0, 0.1) is 0 Å². The van der Waals surface area contributed by atoms with Crippen LogP contribution in [0.15, 0.2) is 0 Å². The Morgan fingerprint density at radius 1 is 0.476 bits per heavy atom. The van der Waals surface area contributed by atoms with Crippen LogP contribution in [0.5, 0.6) is 0 Å². The van der Waals surface area contributed by atoms with Gasteiger partial charge in [-0.1, -0.05) is 110 Å². The van der Waals surface area contributed by atoms with Gasteiger partial charge in [0.1, 0.15) is 0 Å². The van der Waals surface area contributed by atoms with E-state index in [0.717, 1.165) is 6.54 Å². The first-order valence-corrected chi connectivity index (χ1v) is 12.1. The monoisotopic (exact) mass is 315 g/mol. The second kappa shape index (κ2) is 25.1. The van der Waals surface area contributed by atoms with Crippen LogP contribution < -0.4 is 5.73 Å². The van der Waals surface area contributed by atoms with E-state index in [2.05, 4.69) is 13.5 Å². The van der Waals surface area contributed by atoms with Gasteiger partial charge < -0.3 is 5.73 Å². The quantitative estimate of drug-likeness (QED) is 0.291. The van der Waals surface area contributed by atoms with E-state index in [0.29, 0.717) is 0 Å². The standard InChI is InChI=1S/C18H39N.CH6Si/c1-2-3-4-5-6-7-8-9-10-11-12-13-14-15-16-17-18-19;1-2/h2-19H2,1H3;1-2H3. The van der Waals surface area contributed by atoms with Gasteiger partial charge >= 0.3 is 0 Å². The molecule has 0 radical (unpaired) electrons. The predicted octanol–water partition coefficient (Wildman–Crippen LogP) is 5.61. The molecule has 0 aromatic heterocycles. The van der Waals surface area contributed by atoms with Gasteiger partial charge in [-0.2, -0.15) is 0 Å². The highest BCUT2D eigenvalue weighted by Gasteiger charge is 1.94. The van der Waals surface area contributed by atoms with Crippen molar-refractivity contribution in [1.29, 1.82) is 0 Å². The Labute approximate surface area is 139 Å². The number of hydrogen-bond acceptors (Lipinski definition) is 1. The molecular weight excluding hydrogens is 270 g/mol. The first-order valence-electron chi connectivity index (χ1n) is 10.1. The van der Waals surface area contributed by atoms with E-state index in [-0.39, 0.29) is 0 Å². The molecule has 0 unspecified atom stereocenters. The summed E-state index contributed by atoms with van der Waals surface area (Å²) < 4.78 is 0. The number of rotatable bonds is 16. The van der Waals surface area contributed by atoms with Gasteiger partial charge in [-0.05, 0) is 23.2 Å². The predicted molar refractivity (Wildman–Crippen MR) is 104 cm³/mol. The Hall–Kier alpha value is 0.177. The van der Waals surface area contributed by atoms with E-state index < -0.39 is 0 Å². The van der Waals surface area contributed by atoms with Gasteiger partial charge in [0.05, 0.1) is 0 Å². The summed E-state index contributed by atoms with van der Waals surface area (Å²) in [5, 5.41) is 0. The number of nitrogens with two attached hydrogens (primary N) is 1. The summed E-state index contributed by atoms with van der Waals surface area (Å²) in [5.74, 6) is 0. The minimum Gasteiger partial charge on any atom is -0.330 e. The summed E-state index contributed by atoms with van der Waals surface area (Å²) in [6.07, 6.45) is 22.9. The van der Waals surface area contributed by atoms with E-state index in [1.54, 1.807) is 0 Å². The minimum atomic E-state index is 0.873. The topological polar surface area (TPSA) is 26.0 Å². The van der Waals surface area contributed by atoms with Gasteiger partial charge in [0, 0.05) is 0 Å². The lowest BCUT2D eigenvalue weighted by molar-refractivity contribution is 0.530. The molecule has 1 nitrogen and oxygen atoms in total. The molecule has 0 aromatic carbocycles. The summed E-state index contributed by atoms with van der Waals surface area (Å²) in [6, 6.07) is 0. The van der Waals surface area contributed by atoms with Gasteiger partial charge in [-0.3, -0.25) is 0 Å². The maximum absolute atomic E-state index is 5.48. The first-order chi connectivity index (χ1) is 10.4. The Morgan fingerprint density at radius 2 is 0.714 bits per heavy atom. The zero-order chi connectivity index (χ0) is 16.0.